The van der Waals surface area contributed by atoms with Crippen molar-refractivity contribution in [3.05, 3.63) is 0 Å². The number of alkyl halides is 2. The summed E-state index contributed by atoms with van der Waals surface area (Å²) in [5, 5.41) is 0. The maximum Gasteiger partial charge on any atom is 0.334 e. The predicted molar refractivity (Wildman–Crippen MR) is 63.8 cm³/mol. The molecule has 0 aromatic carbocycles. The first kappa shape index (κ1) is 12.5. The largest absolute Gasteiger partial charge is 0.464 e. The van der Waals surface area contributed by atoms with E-state index in [-0.39, 0.29) is 5.97 Å². The van der Waals surface area contributed by atoms with Crippen LogP contribution in [0.4, 0.5) is 0 Å². The van der Waals surface area contributed by atoms with Crippen LogP contribution in [-0.4, -0.2) is 15.8 Å². The molecule has 0 aromatic rings. The van der Waals surface area contributed by atoms with Gasteiger partial charge in [0.25, 0.3) is 0 Å². The minimum atomic E-state index is -0.656. The van der Waals surface area contributed by atoms with Gasteiger partial charge in [0.2, 0.25) is 0 Å². The normalized spacial score (nSPS) is 19.4. The first-order valence-electron chi connectivity index (χ1n) is 5.14. The molecule has 0 saturated heterocycles. The zero-order chi connectivity index (χ0) is 10.6. The monoisotopic (exact) mass is 326 g/mol. The fourth-order valence-electron chi connectivity index (χ4n) is 1.86. The van der Waals surface area contributed by atoms with Crippen molar-refractivity contribution in [2.75, 3.05) is 6.61 Å². The van der Waals surface area contributed by atoms with Gasteiger partial charge in [-0.15, -0.1) is 0 Å². The van der Waals surface area contributed by atoms with Crippen molar-refractivity contribution in [2.45, 2.75) is 42.3 Å². The minimum absolute atomic E-state index is 0.188. The van der Waals surface area contributed by atoms with Crippen molar-refractivity contribution in [3.63, 3.8) is 0 Å². The van der Waals surface area contributed by atoms with Crippen LogP contribution in [-0.2, 0) is 9.53 Å². The van der Waals surface area contributed by atoms with Crippen molar-refractivity contribution >= 4 is 37.8 Å². The number of rotatable bonds is 3. The third-order valence-electron chi connectivity index (χ3n) is 2.67. The summed E-state index contributed by atoms with van der Waals surface area (Å²) < 4.78 is 4.37. The molecule has 1 rings (SSSR count). The smallest absolute Gasteiger partial charge is 0.334 e. The van der Waals surface area contributed by atoms with Crippen LogP contribution in [0.2, 0.25) is 0 Å². The number of hydrogen-bond donors (Lipinski definition) is 0. The van der Waals surface area contributed by atoms with E-state index in [9.17, 15) is 4.79 Å². The number of carbonyl (C=O) groups excluding carboxylic acids is 1. The second-order valence-corrected chi connectivity index (χ2v) is 7.24. The third-order valence-corrected chi connectivity index (χ3v) is 4.61. The molecular formula is C10H16Br2O2. The molecule has 0 unspecified atom stereocenters. The molecule has 0 heterocycles. The molecule has 0 N–H and O–H groups in total. The van der Waals surface area contributed by atoms with Crippen LogP contribution in [0.1, 0.15) is 39.0 Å². The predicted octanol–water partition coefficient (Wildman–Crippen LogP) is 3.62. The van der Waals surface area contributed by atoms with Crippen LogP contribution in [0.5, 0.6) is 0 Å². The summed E-state index contributed by atoms with van der Waals surface area (Å²) in [5.74, 6) is 0.169. The Labute approximate surface area is 102 Å². The lowest BCUT2D eigenvalue weighted by Gasteiger charge is -2.31. The Kier molecular flexibility index (Phi) is 4.91. The van der Waals surface area contributed by atoms with Gasteiger partial charge in [-0.3, -0.25) is 0 Å². The first-order chi connectivity index (χ1) is 6.59. The number of carbonyl (C=O) groups is 1. The van der Waals surface area contributed by atoms with E-state index >= 15 is 0 Å². The molecule has 82 valence electrons. The molecule has 1 aliphatic rings. The lowest BCUT2D eigenvalue weighted by molar-refractivity contribution is -0.144. The van der Waals surface area contributed by atoms with Gasteiger partial charge in [-0.2, -0.15) is 0 Å². The average molecular weight is 328 g/mol. The highest BCUT2D eigenvalue weighted by Gasteiger charge is 2.42. The number of hydrogen-bond acceptors (Lipinski definition) is 2. The molecule has 1 saturated carbocycles. The lowest BCUT2D eigenvalue weighted by atomic mass is 9.87. The van der Waals surface area contributed by atoms with Crippen LogP contribution in [0.25, 0.3) is 0 Å². The van der Waals surface area contributed by atoms with E-state index in [4.69, 9.17) is 4.74 Å². The maximum atomic E-state index is 11.6. The second-order valence-electron chi connectivity index (χ2n) is 3.68. The van der Waals surface area contributed by atoms with E-state index in [1.54, 1.807) is 0 Å². The molecule has 0 radical (unpaired) electrons. The lowest BCUT2D eigenvalue weighted by Crippen LogP contribution is -2.36. The summed E-state index contributed by atoms with van der Waals surface area (Å²) in [6.07, 6.45) is 5.89. The fourth-order valence-corrected chi connectivity index (χ4v) is 3.00. The maximum absolute atomic E-state index is 11.6. The molecule has 1 fully saturated rings. The molecule has 0 aromatic heterocycles. The molecule has 0 spiro atoms. The molecule has 0 atom stereocenters. The quantitative estimate of drug-likeness (QED) is 0.584. The van der Waals surface area contributed by atoms with Crippen molar-refractivity contribution in [1.82, 2.24) is 0 Å². The summed E-state index contributed by atoms with van der Waals surface area (Å²) in [5.41, 5.74) is 0. The van der Waals surface area contributed by atoms with Crippen LogP contribution in [0.15, 0.2) is 0 Å². The standard InChI is InChI=1S/C10H16Br2O2/c1-2-14-9(13)10(11,12)8-6-4-3-5-7-8/h8H,2-7H2,1H3. The van der Waals surface area contributed by atoms with Crippen molar-refractivity contribution in [1.29, 1.82) is 0 Å². The highest BCUT2D eigenvalue weighted by Crippen LogP contribution is 2.43. The van der Waals surface area contributed by atoms with Gasteiger partial charge in [0.1, 0.15) is 0 Å². The fraction of sp³-hybridized carbons (Fsp3) is 0.900. The highest BCUT2D eigenvalue weighted by atomic mass is 79.9. The molecule has 2 nitrogen and oxygen atoms in total. The van der Waals surface area contributed by atoms with Crippen molar-refractivity contribution in [3.8, 4) is 0 Å². The molecule has 0 aliphatic heterocycles. The topological polar surface area (TPSA) is 26.3 Å². The Morgan fingerprint density at radius 2 is 1.93 bits per heavy atom. The van der Waals surface area contributed by atoms with E-state index in [0.29, 0.717) is 12.5 Å². The van der Waals surface area contributed by atoms with Crippen LogP contribution in [0, 0.1) is 5.92 Å². The van der Waals surface area contributed by atoms with E-state index < -0.39 is 3.23 Å². The van der Waals surface area contributed by atoms with Gasteiger partial charge < -0.3 is 4.74 Å². The van der Waals surface area contributed by atoms with Gasteiger partial charge in [0.15, 0.2) is 3.23 Å². The summed E-state index contributed by atoms with van der Waals surface area (Å²) >= 11 is 6.90. The van der Waals surface area contributed by atoms with Crippen LogP contribution in [0.3, 0.4) is 0 Å². The number of ether oxygens (including phenoxy) is 1. The summed E-state index contributed by atoms with van der Waals surface area (Å²) in [4.78, 5) is 11.6. The number of halogens is 2. The van der Waals surface area contributed by atoms with Gasteiger partial charge in [-0.25, -0.2) is 4.79 Å². The highest BCUT2D eigenvalue weighted by molar-refractivity contribution is 9.25. The summed E-state index contributed by atoms with van der Waals surface area (Å²) in [6.45, 7) is 2.26. The molecule has 14 heavy (non-hydrogen) atoms. The average Bonchev–Trinajstić information content (AvgIpc) is 2.19. The molecular weight excluding hydrogens is 312 g/mol. The Hall–Kier alpha value is 0.430. The van der Waals surface area contributed by atoms with E-state index in [1.165, 1.54) is 19.3 Å². The molecule has 4 heteroatoms. The van der Waals surface area contributed by atoms with E-state index in [1.807, 2.05) is 6.92 Å². The van der Waals surface area contributed by atoms with Gasteiger partial charge in [-0.1, -0.05) is 51.1 Å². The summed E-state index contributed by atoms with van der Waals surface area (Å²) in [6, 6.07) is 0. The van der Waals surface area contributed by atoms with Crippen molar-refractivity contribution < 1.29 is 9.53 Å². The summed E-state index contributed by atoms with van der Waals surface area (Å²) in [7, 11) is 0. The van der Waals surface area contributed by atoms with E-state index in [0.717, 1.165) is 12.8 Å². The SMILES string of the molecule is CCOC(=O)C(Br)(Br)C1CCCCC1. The zero-order valence-electron chi connectivity index (χ0n) is 8.39. The Balaban J connectivity index is 2.57. The number of esters is 1. The first-order valence-corrected chi connectivity index (χ1v) is 6.72. The molecule has 0 amide bonds. The minimum Gasteiger partial charge on any atom is -0.464 e. The van der Waals surface area contributed by atoms with Gasteiger partial charge in [-0.05, 0) is 25.7 Å². The van der Waals surface area contributed by atoms with Crippen molar-refractivity contribution in [2.24, 2.45) is 5.92 Å². The van der Waals surface area contributed by atoms with Crippen LogP contribution >= 0.6 is 31.9 Å². The Morgan fingerprint density at radius 1 is 1.36 bits per heavy atom. The second kappa shape index (κ2) is 5.50. The van der Waals surface area contributed by atoms with Gasteiger partial charge >= 0.3 is 5.97 Å². The Morgan fingerprint density at radius 3 is 2.43 bits per heavy atom. The molecule has 1 aliphatic carbocycles. The van der Waals surface area contributed by atoms with Gasteiger partial charge in [0.05, 0.1) is 6.61 Å². The third kappa shape index (κ3) is 2.96. The zero-order valence-corrected chi connectivity index (χ0v) is 11.6. The Bertz CT molecular complexity index is 198. The van der Waals surface area contributed by atoms with Crippen LogP contribution < -0.4 is 0 Å². The van der Waals surface area contributed by atoms with E-state index in [2.05, 4.69) is 31.9 Å². The van der Waals surface area contributed by atoms with Gasteiger partial charge in [0, 0.05) is 0 Å². The molecule has 0 bridgehead atoms.